The highest BCUT2D eigenvalue weighted by Crippen LogP contribution is 2.23. The van der Waals surface area contributed by atoms with E-state index >= 15 is 0 Å². The predicted octanol–water partition coefficient (Wildman–Crippen LogP) is 4.19. The second kappa shape index (κ2) is 6.77. The highest BCUT2D eigenvalue weighted by Gasteiger charge is 2.06. The molecule has 0 amide bonds. The van der Waals surface area contributed by atoms with E-state index in [0.717, 1.165) is 29.7 Å². The quantitative estimate of drug-likeness (QED) is 0.590. The van der Waals surface area contributed by atoms with Crippen molar-refractivity contribution in [3.63, 3.8) is 0 Å². The summed E-state index contributed by atoms with van der Waals surface area (Å²) in [5, 5.41) is 9.94. The van der Waals surface area contributed by atoms with Crippen molar-refractivity contribution in [2.45, 2.75) is 37.7 Å². The fraction of sp³-hybridized carbons (Fsp3) is 0.429. The van der Waals surface area contributed by atoms with Crippen LogP contribution in [0, 0.1) is 0 Å². The predicted molar refractivity (Wildman–Crippen MR) is 71.8 cm³/mol. The third kappa shape index (κ3) is 4.42. The number of aliphatic hydroxyl groups excluding tert-OH is 1. The van der Waals surface area contributed by atoms with Crippen LogP contribution in [0.1, 0.15) is 38.4 Å². The van der Waals surface area contributed by atoms with Crippen LogP contribution in [-0.2, 0) is 0 Å². The Morgan fingerprint density at radius 1 is 1.38 bits per heavy atom. The van der Waals surface area contributed by atoms with Gasteiger partial charge >= 0.3 is 0 Å². The van der Waals surface area contributed by atoms with Crippen molar-refractivity contribution < 1.29 is 5.11 Å². The number of allylic oxidation sites excluding steroid dienone is 1. The maximum atomic E-state index is 9.94. The van der Waals surface area contributed by atoms with Crippen LogP contribution in [0.25, 0.3) is 0 Å². The molecule has 1 nitrogen and oxygen atoms in total. The SMILES string of the molecule is C=C(C)CCC(O)c1ccc(SCC)cc1. The van der Waals surface area contributed by atoms with Crippen LogP contribution in [0.3, 0.4) is 0 Å². The molecule has 0 spiro atoms. The van der Waals surface area contributed by atoms with Gasteiger partial charge in [-0.2, -0.15) is 0 Å². The summed E-state index contributed by atoms with van der Waals surface area (Å²) in [6.45, 7) is 7.98. The summed E-state index contributed by atoms with van der Waals surface area (Å²) in [6.07, 6.45) is 1.28. The Labute approximate surface area is 103 Å². The van der Waals surface area contributed by atoms with Crippen molar-refractivity contribution in [3.8, 4) is 0 Å². The number of rotatable bonds is 6. The van der Waals surface area contributed by atoms with Crippen LogP contribution in [0.4, 0.5) is 0 Å². The van der Waals surface area contributed by atoms with E-state index in [9.17, 15) is 5.11 Å². The normalized spacial score (nSPS) is 12.4. The molecule has 1 aromatic carbocycles. The molecular weight excluding hydrogens is 216 g/mol. The van der Waals surface area contributed by atoms with Gasteiger partial charge in [-0.3, -0.25) is 0 Å². The molecule has 0 aliphatic carbocycles. The second-order valence-electron chi connectivity index (χ2n) is 4.01. The zero-order valence-electron chi connectivity index (χ0n) is 10.1. The lowest BCUT2D eigenvalue weighted by atomic mass is 10.0. The van der Waals surface area contributed by atoms with E-state index in [1.165, 1.54) is 4.90 Å². The standard InChI is InChI=1S/C14H20OS/c1-4-16-13-8-6-12(7-9-13)14(15)10-5-11(2)3/h6-9,14-15H,2,4-5,10H2,1,3H3. The zero-order chi connectivity index (χ0) is 12.0. The van der Waals surface area contributed by atoms with E-state index in [0.29, 0.717) is 0 Å². The van der Waals surface area contributed by atoms with Crippen molar-refractivity contribution in [2.75, 3.05) is 5.75 Å². The van der Waals surface area contributed by atoms with Crippen molar-refractivity contribution in [1.29, 1.82) is 0 Å². The van der Waals surface area contributed by atoms with Gasteiger partial charge in [-0.25, -0.2) is 0 Å². The van der Waals surface area contributed by atoms with Gasteiger partial charge in [0.15, 0.2) is 0 Å². The smallest absolute Gasteiger partial charge is 0.0793 e. The molecule has 0 aliphatic heterocycles. The molecule has 1 rings (SSSR count). The molecule has 1 aromatic rings. The van der Waals surface area contributed by atoms with Crippen LogP contribution in [-0.4, -0.2) is 10.9 Å². The fourth-order valence-electron chi connectivity index (χ4n) is 1.50. The summed E-state index contributed by atoms with van der Waals surface area (Å²) >= 11 is 1.82. The molecule has 0 fully saturated rings. The first-order valence-electron chi connectivity index (χ1n) is 5.68. The van der Waals surface area contributed by atoms with Gasteiger partial charge in [0.05, 0.1) is 6.10 Å². The lowest BCUT2D eigenvalue weighted by Crippen LogP contribution is -1.97. The molecule has 16 heavy (non-hydrogen) atoms. The lowest BCUT2D eigenvalue weighted by Gasteiger charge is -2.11. The van der Waals surface area contributed by atoms with Gasteiger partial charge in [-0.15, -0.1) is 18.3 Å². The molecular formula is C14H20OS. The molecule has 0 aromatic heterocycles. The number of thioether (sulfide) groups is 1. The number of aliphatic hydroxyl groups is 1. The Bertz CT molecular complexity index is 329. The number of benzene rings is 1. The summed E-state index contributed by atoms with van der Waals surface area (Å²) in [7, 11) is 0. The number of hydrogen-bond donors (Lipinski definition) is 1. The summed E-state index contributed by atoms with van der Waals surface area (Å²) in [6, 6.07) is 8.18. The molecule has 0 heterocycles. The largest absolute Gasteiger partial charge is 0.388 e. The number of hydrogen-bond acceptors (Lipinski definition) is 2. The van der Waals surface area contributed by atoms with Gasteiger partial charge in [-0.05, 0) is 43.2 Å². The van der Waals surface area contributed by atoms with Crippen LogP contribution < -0.4 is 0 Å². The van der Waals surface area contributed by atoms with Crippen LogP contribution in [0.2, 0.25) is 0 Å². The third-order valence-electron chi connectivity index (χ3n) is 2.42. The monoisotopic (exact) mass is 236 g/mol. The maximum absolute atomic E-state index is 9.94. The average Bonchev–Trinajstić information content (AvgIpc) is 2.27. The summed E-state index contributed by atoms with van der Waals surface area (Å²) in [4.78, 5) is 1.26. The second-order valence-corrected chi connectivity index (χ2v) is 5.35. The molecule has 0 bridgehead atoms. The van der Waals surface area contributed by atoms with Crippen molar-refractivity contribution in [2.24, 2.45) is 0 Å². The van der Waals surface area contributed by atoms with Gasteiger partial charge in [0, 0.05) is 4.90 Å². The third-order valence-corrected chi connectivity index (χ3v) is 3.31. The molecule has 88 valence electrons. The van der Waals surface area contributed by atoms with Gasteiger partial charge in [-0.1, -0.05) is 24.6 Å². The van der Waals surface area contributed by atoms with Gasteiger partial charge in [0.25, 0.3) is 0 Å². The first-order chi connectivity index (χ1) is 7.63. The molecule has 1 unspecified atom stereocenters. The Morgan fingerprint density at radius 3 is 2.50 bits per heavy atom. The van der Waals surface area contributed by atoms with E-state index in [4.69, 9.17) is 0 Å². The van der Waals surface area contributed by atoms with Gasteiger partial charge < -0.3 is 5.11 Å². The molecule has 0 saturated heterocycles. The van der Waals surface area contributed by atoms with Crippen LogP contribution in [0.5, 0.6) is 0 Å². The topological polar surface area (TPSA) is 20.2 Å². The highest BCUT2D eigenvalue weighted by atomic mass is 32.2. The minimum atomic E-state index is -0.364. The molecule has 1 N–H and O–H groups in total. The first kappa shape index (κ1) is 13.3. The van der Waals surface area contributed by atoms with E-state index in [1.807, 2.05) is 30.8 Å². The van der Waals surface area contributed by atoms with E-state index in [-0.39, 0.29) is 6.10 Å². The molecule has 2 heteroatoms. The van der Waals surface area contributed by atoms with E-state index in [1.54, 1.807) is 0 Å². The molecule has 0 saturated carbocycles. The van der Waals surface area contributed by atoms with E-state index in [2.05, 4.69) is 25.6 Å². The van der Waals surface area contributed by atoms with E-state index < -0.39 is 0 Å². The average molecular weight is 236 g/mol. The molecule has 1 atom stereocenters. The Kier molecular flexibility index (Phi) is 5.64. The van der Waals surface area contributed by atoms with Crippen molar-refractivity contribution in [3.05, 3.63) is 42.0 Å². The summed E-state index contributed by atoms with van der Waals surface area (Å²) in [5.74, 6) is 1.08. The Balaban J connectivity index is 2.55. The Morgan fingerprint density at radius 2 is 2.00 bits per heavy atom. The molecule has 0 radical (unpaired) electrons. The van der Waals surface area contributed by atoms with Crippen LogP contribution in [0.15, 0.2) is 41.3 Å². The van der Waals surface area contributed by atoms with Crippen molar-refractivity contribution in [1.82, 2.24) is 0 Å². The van der Waals surface area contributed by atoms with Gasteiger partial charge in [0.1, 0.15) is 0 Å². The summed E-state index contributed by atoms with van der Waals surface area (Å²) < 4.78 is 0. The van der Waals surface area contributed by atoms with Gasteiger partial charge in [0.2, 0.25) is 0 Å². The maximum Gasteiger partial charge on any atom is 0.0793 e. The summed E-state index contributed by atoms with van der Waals surface area (Å²) in [5.41, 5.74) is 2.12. The minimum absolute atomic E-state index is 0.364. The lowest BCUT2D eigenvalue weighted by molar-refractivity contribution is 0.168. The van der Waals surface area contributed by atoms with Crippen LogP contribution >= 0.6 is 11.8 Å². The highest BCUT2D eigenvalue weighted by molar-refractivity contribution is 7.99. The fourth-order valence-corrected chi connectivity index (χ4v) is 2.16. The molecule has 0 aliphatic rings. The zero-order valence-corrected chi connectivity index (χ0v) is 10.9. The van der Waals surface area contributed by atoms with Crippen molar-refractivity contribution >= 4 is 11.8 Å². The first-order valence-corrected chi connectivity index (χ1v) is 6.67. The minimum Gasteiger partial charge on any atom is -0.388 e. The Hall–Kier alpha value is -0.730.